The highest BCUT2D eigenvalue weighted by Crippen LogP contribution is 2.24. The maximum atomic E-state index is 12.9. The van der Waals surface area contributed by atoms with Gasteiger partial charge in [0.25, 0.3) is 11.8 Å². The third kappa shape index (κ3) is 15.7. The van der Waals surface area contributed by atoms with Crippen LogP contribution in [0, 0.1) is 0 Å². The first kappa shape index (κ1) is 42.6. The maximum Gasteiger partial charge on any atom is 0.333 e. The summed E-state index contributed by atoms with van der Waals surface area (Å²) < 4.78 is 5.57. The number of carbonyl (C=O) groups is 5. The standard InChI is InChI=1S/C32H57N7O12/c40-25(33-11-6-2-4-8-31(48)51-38-27(42)9-10-28(38)43)7-3-1-5-12-34-26(41)21-36-15-13-35(22-29(44)45)14-16-37(23-30(46)47)18-20-39(19-17-36)24-50-32(39)49/h29-30,32,44-47,49H,1-24H2,(H-,33,34,40,41)/p+1. The van der Waals surface area contributed by atoms with Crippen molar-refractivity contribution >= 4 is 29.6 Å². The van der Waals surface area contributed by atoms with Crippen LogP contribution >= 0.6 is 0 Å². The molecule has 4 amide bonds. The quantitative estimate of drug-likeness (QED) is 0.0296. The second-order valence-corrected chi connectivity index (χ2v) is 13.5. The zero-order chi connectivity index (χ0) is 37.2. The number of aliphatic hydroxyl groups is 5. The van der Waals surface area contributed by atoms with Gasteiger partial charge >= 0.3 is 12.4 Å². The summed E-state index contributed by atoms with van der Waals surface area (Å²) in [6.07, 6.45) is 0.446. The molecule has 0 aromatic heterocycles. The lowest BCUT2D eigenvalue weighted by Gasteiger charge is -2.49. The number of quaternary nitrogens is 1. The molecule has 2 unspecified atom stereocenters. The summed E-state index contributed by atoms with van der Waals surface area (Å²) in [6.45, 7) is 5.13. The monoisotopic (exact) mass is 732 g/mol. The lowest BCUT2D eigenvalue weighted by molar-refractivity contribution is -1.07. The Morgan fingerprint density at radius 2 is 1.24 bits per heavy atom. The summed E-state index contributed by atoms with van der Waals surface area (Å²) in [7, 11) is 0. The number of hydrogen-bond acceptors (Lipinski definition) is 15. The number of rotatable bonds is 19. The number of nitrogens with one attached hydrogen (secondary N) is 2. The molecule has 7 N–H and O–H groups in total. The Bertz CT molecular complexity index is 1120. The van der Waals surface area contributed by atoms with Gasteiger partial charge in [-0.15, -0.1) is 5.06 Å². The van der Waals surface area contributed by atoms with Crippen LogP contribution in [0.2, 0.25) is 0 Å². The van der Waals surface area contributed by atoms with E-state index in [0.717, 1.165) is 6.42 Å². The molecule has 3 heterocycles. The molecule has 3 rings (SSSR count). The fourth-order valence-corrected chi connectivity index (χ4v) is 6.15. The molecule has 19 nitrogen and oxygen atoms in total. The highest BCUT2D eigenvalue weighted by molar-refractivity contribution is 6.01. The molecule has 0 aromatic carbocycles. The fraction of sp³-hybridized carbons (Fsp3) is 0.844. The van der Waals surface area contributed by atoms with Crippen molar-refractivity contribution in [2.75, 3.05) is 91.8 Å². The Balaban J connectivity index is 1.29. The van der Waals surface area contributed by atoms with Gasteiger partial charge < -0.3 is 41.0 Å². The number of nitrogens with zero attached hydrogens (tertiary/aromatic N) is 5. The van der Waals surface area contributed by atoms with Gasteiger partial charge in [-0.3, -0.25) is 38.6 Å². The van der Waals surface area contributed by atoms with Crippen LogP contribution in [0.4, 0.5) is 0 Å². The van der Waals surface area contributed by atoms with Crippen molar-refractivity contribution in [2.24, 2.45) is 0 Å². The van der Waals surface area contributed by atoms with Gasteiger partial charge in [-0.05, 0) is 25.7 Å². The van der Waals surface area contributed by atoms with Crippen LogP contribution in [0.1, 0.15) is 64.2 Å². The Labute approximate surface area is 298 Å². The molecule has 3 saturated heterocycles. The van der Waals surface area contributed by atoms with E-state index in [2.05, 4.69) is 10.6 Å². The van der Waals surface area contributed by atoms with Gasteiger partial charge in [0, 0.05) is 91.1 Å². The van der Waals surface area contributed by atoms with Gasteiger partial charge in [0.15, 0.2) is 19.3 Å². The smallest absolute Gasteiger partial charge is 0.333 e. The molecule has 19 heteroatoms. The number of ether oxygens (including phenoxy) is 1. The van der Waals surface area contributed by atoms with Crippen LogP contribution in [0.5, 0.6) is 0 Å². The van der Waals surface area contributed by atoms with Crippen molar-refractivity contribution < 1.29 is 63.6 Å². The van der Waals surface area contributed by atoms with E-state index in [1.807, 2.05) is 14.7 Å². The molecule has 0 bridgehead atoms. The summed E-state index contributed by atoms with van der Waals surface area (Å²) in [5.41, 5.74) is 0. The SMILES string of the molecule is O=C(CCCCCNC(=O)CN1CCN(CC(O)O)CCN(CC(O)O)CC[N+]2(CC1)COC2O)NCCCCCC(=O)ON1C(=O)CCC1=O. The zero-order valence-electron chi connectivity index (χ0n) is 29.5. The average molecular weight is 733 g/mol. The Hall–Kier alpha value is -2.85. The summed E-state index contributed by atoms with van der Waals surface area (Å²) in [5, 5.41) is 55.2. The van der Waals surface area contributed by atoms with E-state index in [4.69, 9.17) is 9.57 Å². The zero-order valence-corrected chi connectivity index (χ0v) is 29.5. The normalized spacial score (nSPS) is 23.0. The van der Waals surface area contributed by atoms with E-state index >= 15 is 0 Å². The largest absolute Gasteiger partial charge is 0.367 e. The first-order valence-corrected chi connectivity index (χ1v) is 18.0. The van der Waals surface area contributed by atoms with Crippen molar-refractivity contribution in [1.82, 2.24) is 30.4 Å². The second-order valence-electron chi connectivity index (χ2n) is 13.5. The van der Waals surface area contributed by atoms with Crippen LogP contribution in [0.3, 0.4) is 0 Å². The van der Waals surface area contributed by atoms with Crippen LogP contribution in [0.15, 0.2) is 0 Å². The summed E-state index contributed by atoms with van der Waals surface area (Å²) in [5.74, 6) is -1.88. The molecule has 0 radical (unpaired) electrons. The number of amides is 4. The first-order valence-electron chi connectivity index (χ1n) is 18.0. The van der Waals surface area contributed by atoms with E-state index in [1.165, 1.54) is 0 Å². The number of aliphatic hydroxyl groups excluding tert-OH is 3. The molecular formula is C32H58N7O12+. The number of imide groups is 1. The Morgan fingerprint density at radius 1 is 0.725 bits per heavy atom. The third-order valence-corrected chi connectivity index (χ3v) is 9.33. The molecule has 292 valence electrons. The molecule has 51 heavy (non-hydrogen) atoms. The molecule has 0 saturated carbocycles. The number of carbonyl (C=O) groups excluding carboxylic acids is 5. The van der Waals surface area contributed by atoms with Crippen LogP contribution in [-0.2, 0) is 33.5 Å². The van der Waals surface area contributed by atoms with E-state index in [0.29, 0.717) is 116 Å². The summed E-state index contributed by atoms with van der Waals surface area (Å²) >= 11 is 0. The van der Waals surface area contributed by atoms with Crippen molar-refractivity contribution in [3.05, 3.63) is 0 Å². The fourth-order valence-electron chi connectivity index (χ4n) is 6.15. The number of hydroxylamine groups is 2. The van der Waals surface area contributed by atoms with Gasteiger partial charge in [0.05, 0.1) is 19.6 Å². The second kappa shape index (κ2) is 22.3. The molecule has 2 atom stereocenters. The van der Waals surface area contributed by atoms with Crippen molar-refractivity contribution in [1.29, 1.82) is 0 Å². The highest BCUT2D eigenvalue weighted by Gasteiger charge is 2.47. The van der Waals surface area contributed by atoms with Crippen molar-refractivity contribution in [2.45, 2.75) is 83.2 Å². The number of hydrogen-bond donors (Lipinski definition) is 7. The third-order valence-electron chi connectivity index (χ3n) is 9.33. The minimum Gasteiger partial charge on any atom is -0.367 e. The molecule has 0 aromatic rings. The van der Waals surface area contributed by atoms with Crippen LogP contribution < -0.4 is 10.6 Å². The van der Waals surface area contributed by atoms with E-state index in [-0.39, 0.29) is 55.2 Å². The van der Waals surface area contributed by atoms with Gasteiger partial charge in [0.2, 0.25) is 11.8 Å². The van der Waals surface area contributed by atoms with Crippen molar-refractivity contribution in [3.63, 3.8) is 0 Å². The van der Waals surface area contributed by atoms with E-state index < -0.39 is 36.8 Å². The minimum atomic E-state index is -1.54. The van der Waals surface area contributed by atoms with E-state index in [1.54, 1.807) is 0 Å². The minimum absolute atomic E-state index is 0.00680. The van der Waals surface area contributed by atoms with Crippen molar-refractivity contribution in [3.8, 4) is 0 Å². The molecule has 3 aliphatic heterocycles. The van der Waals surface area contributed by atoms with Gasteiger partial charge in [-0.2, -0.15) is 0 Å². The highest BCUT2D eigenvalue weighted by atomic mass is 16.7. The molecule has 3 fully saturated rings. The predicted molar refractivity (Wildman–Crippen MR) is 178 cm³/mol. The Morgan fingerprint density at radius 3 is 1.76 bits per heavy atom. The van der Waals surface area contributed by atoms with E-state index in [9.17, 15) is 49.5 Å². The summed E-state index contributed by atoms with van der Waals surface area (Å²) in [4.78, 5) is 70.4. The Kier molecular flexibility index (Phi) is 18.6. The molecule has 3 aliphatic rings. The number of unbranched alkanes of at least 4 members (excludes halogenated alkanes) is 4. The van der Waals surface area contributed by atoms with Gasteiger partial charge in [-0.25, -0.2) is 9.28 Å². The first-order chi connectivity index (χ1) is 24.4. The number of β-amino-alcohol motifs (C(OH)–C–C–N with tert-alkyl or cyclic N) is 4. The maximum absolute atomic E-state index is 12.9. The topological polar surface area (TPSA) is 242 Å². The van der Waals surface area contributed by atoms with Gasteiger partial charge in [-0.1, -0.05) is 12.8 Å². The lowest BCUT2D eigenvalue weighted by Crippen LogP contribution is -2.70. The van der Waals surface area contributed by atoms with Crippen LogP contribution in [-0.4, -0.2) is 190 Å². The summed E-state index contributed by atoms with van der Waals surface area (Å²) in [6, 6.07) is 0. The molecular weight excluding hydrogens is 674 g/mol. The van der Waals surface area contributed by atoms with Gasteiger partial charge in [0.1, 0.15) is 0 Å². The average Bonchev–Trinajstić information content (AvgIpc) is 3.38. The molecule has 0 aliphatic carbocycles. The van der Waals surface area contributed by atoms with Crippen LogP contribution in [0.25, 0.3) is 0 Å². The lowest BCUT2D eigenvalue weighted by atomic mass is 10.1. The molecule has 1 spiro atoms. The predicted octanol–water partition coefficient (Wildman–Crippen LogP) is -3.43.